The van der Waals surface area contributed by atoms with Crippen molar-refractivity contribution in [3.05, 3.63) is 54.4 Å². The van der Waals surface area contributed by atoms with Crippen LogP contribution >= 0.6 is 0 Å². The van der Waals surface area contributed by atoms with E-state index in [0.29, 0.717) is 29.2 Å². The number of pyridine rings is 1. The Morgan fingerprint density at radius 1 is 1.26 bits per heavy atom. The van der Waals surface area contributed by atoms with Crippen LogP contribution in [0.5, 0.6) is 5.88 Å². The SMILES string of the molecule is COc1nn(-c2cnccn2)cc1C(=O)Nc1cccc(-c2nnc3n2[C@H](C)CC3)n1. The third-order valence-electron chi connectivity index (χ3n) is 5.12. The first kappa shape index (κ1) is 18.9. The van der Waals surface area contributed by atoms with Gasteiger partial charge in [-0.25, -0.2) is 14.6 Å². The molecule has 0 saturated heterocycles. The molecule has 0 radical (unpaired) electrons. The Bertz CT molecular complexity index is 1250. The van der Waals surface area contributed by atoms with Gasteiger partial charge in [-0.1, -0.05) is 6.07 Å². The summed E-state index contributed by atoms with van der Waals surface area (Å²) in [5, 5.41) is 15.6. The number of methoxy groups -OCH3 is 1. The van der Waals surface area contributed by atoms with Crippen LogP contribution in [-0.4, -0.2) is 52.5 Å². The molecule has 11 nitrogen and oxygen atoms in total. The molecule has 0 fully saturated rings. The molecule has 5 heterocycles. The van der Waals surface area contributed by atoms with Crippen molar-refractivity contribution in [3.63, 3.8) is 0 Å². The molecular formula is C20H19N9O2. The molecule has 0 aliphatic carbocycles. The molecule has 156 valence electrons. The number of hydrogen-bond acceptors (Lipinski definition) is 8. The largest absolute Gasteiger partial charge is 0.479 e. The summed E-state index contributed by atoms with van der Waals surface area (Å²) >= 11 is 0. The number of nitrogens with one attached hydrogen (secondary N) is 1. The van der Waals surface area contributed by atoms with Crippen LogP contribution in [-0.2, 0) is 6.42 Å². The first-order valence-electron chi connectivity index (χ1n) is 9.76. The number of hydrogen-bond donors (Lipinski definition) is 1. The van der Waals surface area contributed by atoms with E-state index in [1.165, 1.54) is 24.2 Å². The minimum atomic E-state index is -0.406. The molecule has 0 saturated carbocycles. The van der Waals surface area contributed by atoms with Gasteiger partial charge in [-0.2, -0.15) is 0 Å². The smallest absolute Gasteiger partial charge is 0.263 e. The molecule has 31 heavy (non-hydrogen) atoms. The number of rotatable bonds is 5. The summed E-state index contributed by atoms with van der Waals surface area (Å²) in [7, 11) is 1.45. The second-order valence-corrected chi connectivity index (χ2v) is 7.12. The summed E-state index contributed by atoms with van der Waals surface area (Å²) in [4.78, 5) is 25.7. The number of ether oxygens (including phenoxy) is 1. The number of anilines is 1. The van der Waals surface area contributed by atoms with E-state index in [2.05, 4.69) is 47.1 Å². The van der Waals surface area contributed by atoms with Gasteiger partial charge < -0.3 is 14.6 Å². The second kappa shape index (κ2) is 7.59. The maximum atomic E-state index is 12.9. The van der Waals surface area contributed by atoms with Crippen molar-refractivity contribution in [2.24, 2.45) is 0 Å². The molecule has 0 spiro atoms. The Morgan fingerprint density at radius 2 is 2.16 bits per heavy atom. The van der Waals surface area contributed by atoms with Crippen molar-refractivity contribution < 1.29 is 9.53 Å². The topological polar surface area (TPSA) is 126 Å². The van der Waals surface area contributed by atoms with Crippen molar-refractivity contribution in [1.29, 1.82) is 0 Å². The Morgan fingerprint density at radius 3 is 2.97 bits per heavy atom. The number of carbonyl (C=O) groups is 1. The first-order chi connectivity index (χ1) is 15.1. The molecule has 4 aromatic rings. The molecule has 1 aliphatic heterocycles. The van der Waals surface area contributed by atoms with Gasteiger partial charge in [-0.3, -0.25) is 9.78 Å². The second-order valence-electron chi connectivity index (χ2n) is 7.12. The van der Waals surface area contributed by atoms with Crippen molar-refractivity contribution in [1.82, 2.24) is 39.5 Å². The highest BCUT2D eigenvalue weighted by Gasteiger charge is 2.25. The van der Waals surface area contributed by atoms with E-state index >= 15 is 0 Å². The zero-order chi connectivity index (χ0) is 21.4. The minimum Gasteiger partial charge on any atom is -0.479 e. The minimum absolute atomic E-state index is 0.170. The predicted octanol–water partition coefficient (Wildman–Crippen LogP) is 2.08. The van der Waals surface area contributed by atoms with E-state index < -0.39 is 5.91 Å². The van der Waals surface area contributed by atoms with Crippen molar-refractivity contribution in [2.75, 3.05) is 12.4 Å². The highest BCUT2D eigenvalue weighted by molar-refractivity contribution is 6.05. The summed E-state index contributed by atoms with van der Waals surface area (Å²) in [5.74, 6) is 2.28. The third-order valence-corrected chi connectivity index (χ3v) is 5.12. The molecule has 0 unspecified atom stereocenters. The molecule has 11 heteroatoms. The molecule has 1 aliphatic rings. The summed E-state index contributed by atoms with van der Waals surface area (Å²) in [6, 6.07) is 5.70. The maximum absolute atomic E-state index is 12.9. The zero-order valence-electron chi connectivity index (χ0n) is 16.9. The number of nitrogens with zero attached hydrogens (tertiary/aromatic N) is 8. The lowest BCUT2D eigenvalue weighted by atomic mass is 10.2. The van der Waals surface area contributed by atoms with Crippen LogP contribution in [0.3, 0.4) is 0 Å². The van der Waals surface area contributed by atoms with Crippen LogP contribution in [0, 0.1) is 0 Å². The standard InChI is InChI=1S/C20H19N9O2/c1-12-6-7-16-25-26-18(29(12)16)14-4-3-5-15(23-14)24-19(30)13-11-28(27-20(13)31-2)17-10-21-8-9-22-17/h3-5,8-12H,6-7H2,1-2H3,(H,23,24,30)/t12-/m1/s1. The first-order valence-corrected chi connectivity index (χ1v) is 9.76. The van der Waals surface area contributed by atoms with E-state index in [4.69, 9.17) is 4.74 Å². The van der Waals surface area contributed by atoms with Crippen LogP contribution in [0.1, 0.15) is 35.6 Å². The van der Waals surface area contributed by atoms with Gasteiger partial charge in [0.1, 0.15) is 22.9 Å². The quantitative estimate of drug-likeness (QED) is 0.523. The Kier molecular flexibility index (Phi) is 4.62. The number of fused-ring (bicyclic) bond motifs is 1. The lowest BCUT2D eigenvalue weighted by molar-refractivity contribution is 0.102. The Labute approximate surface area is 177 Å². The fourth-order valence-corrected chi connectivity index (χ4v) is 3.60. The summed E-state index contributed by atoms with van der Waals surface area (Å²) in [6.07, 6.45) is 8.11. The van der Waals surface area contributed by atoms with Gasteiger partial charge in [0.15, 0.2) is 11.6 Å². The number of aryl methyl sites for hydroxylation is 1. The Balaban J connectivity index is 1.42. The molecular weight excluding hydrogens is 398 g/mol. The van der Waals surface area contributed by atoms with Gasteiger partial charge in [0.25, 0.3) is 5.91 Å². The maximum Gasteiger partial charge on any atom is 0.263 e. The van der Waals surface area contributed by atoms with E-state index in [0.717, 1.165) is 18.7 Å². The zero-order valence-corrected chi connectivity index (χ0v) is 16.9. The van der Waals surface area contributed by atoms with E-state index in [1.54, 1.807) is 18.5 Å². The van der Waals surface area contributed by atoms with Gasteiger partial charge in [0.2, 0.25) is 5.88 Å². The fraction of sp³-hybridized carbons (Fsp3) is 0.250. The molecule has 1 N–H and O–H groups in total. The van der Waals surface area contributed by atoms with Gasteiger partial charge in [0, 0.05) is 31.1 Å². The summed E-state index contributed by atoms with van der Waals surface area (Å²) < 4.78 is 8.80. The molecule has 1 amide bonds. The van der Waals surface area contributed by atoms with Crippen LogP contribution < -0.4 is 10.1 Å². The van der Waals surface area contributed by atoms with E-state index in [-0.39, 0.29) is 11.4 Å². The van der Waals surface area contributed by atoms with Gasteiger partial charge in [0.05, 0.1) is 13.3 Å². The van der Waals surface area contributed by atoms with Crippen molar-refractivity contribution >= 4 is 11.7 Å². The van der Waals surface area contributed by atoms with Crippen molar-refractivity contribution in [3.8, 4) is 23.2 Å². The van der Waals surface area contributed by atoms with Crippen LogP contribution in [0.15, 0.2) is 43.0 Å². The van der Waals surface area contributed by atoms with Gasteiger partial charge in [-0.15, -0.1) is 15.3 Å². The molecule has 4 aromatic heterocycles. The van der Waals surface area contributed by atoms with Crippen LogP contribution in [0.25, 0.3) is 17.3 Å². The lowest BCUT2D eigenvalue weighted by Gasteiger charge is -2.10. The lowest BCUT2D eigenvalue weighted by Crippen LogP contribution is -2.14. The van der Waals surface area contributed by atoms with Crippen LogP contribution in [0.2, 0.25) is 0 Å². The van der Waals surface area contributed by atoms with E-state index in [1.807, 2.05) is 12.1 Å². The molecule has 0 bridgehead atoms. The van der Waals surface area contributed by atoms with E-state index in [9.17, 15) is 4.79 Å². The molecule has 1 atom stereocenters. The molecule has 5 rings (SSSR count). The Hall–Kier alpha value is -4.15. The van der Waals surface area contributed by atoms with Gasteiger partial charge in [-0.05, 0) is 25.5 Å². The normalized spacial score (nSPS) is 15.0. The average molecular weight is 417 g/mol. The highest BCUT2D eigenvalue weighted by Crippen LogP contribution is 2.30. The van der Waals surface area contributed by atoms with Crippen LogP contribution in [0.4, 0.5) is 5.82 Å². The predicted molar refractivity (Wildman–Crippen MR) is 110 cm³/mol. The van der Waals surface area contributed by atoms with Gasteiger partial charge >= 0.3 is 0 Å². The highest BCUT2D eigenvalue weighted by atomic mass is 16.5. The number of amides is 1. The van der Waals surface area contributed by atoms with Crippen molar-refractivity contribution in [2.45, 2.75) is 25.8 Å². The number of aromatic nitrogens is 8. The third kappa shape index (κ3) is 3.39. The monoisotopic (exact) mass is 417 g/mol. The summed E-state index contributed by atoms with van der Waals surface area (Å²) in [6.45, 7) is 2.13. The average Bonchev–Trinajstić information content (AvgIpc) is 3.51. The number of carbonyl (C=O) groups excluding carboxylic acids is 1. The summed E-state index contributed by atoms with van der Waals surface area (Å²) in [5.41, 5.74) is 0.893. The molecule has 0 aromatic carbocycles. The fourth-order valence-electron chi connectivity index (χ4n) is 3.60.